The average molecular weight is 380 g/mol. The fraction of sp³-hybridized carbons (Fsp3) is 0.963. The summed E-state index contributed by atoms with van der Waals surface area (Å²) in [5.74, 6) is 0.845. The fourth-order valence-electron chi connectivity index (χ4n) is 4.11. The van der Waals surface area contributed by atoms with Gasteiger partial charge in [-0.2, -0.15) is 0 Å². The molecule has 0 saturated carbocycles. The van der Waals surface area contributed by atoms with Gasteiger partial charge in [0.25, 0.3) is 0 Å². The van der Waals surface area contributed by atoms with Crippen LogP contribution in [0.3, 0.4) is 0 Å². The largest absolute Gasteiger partial charge is 0.0654 e. The van der Waals surface area contributed by atoms with Crippen LogP contribution in [0.15, 0.2) is 0 Å². The van der Waals surface area contributed by atoms with Crippen molar-refractivity contribution in [2.45, 2.75) is 162 Å². The molecule has 0 aromatic heterocycles. The Balaban J connectivity index is 3.10. The Bertz CT molecular complexity index is 244. The topological polar surface area (TPSA) is 0 Å². The molecular weight excluding hydrogens is 324 g/mol. The van der Waals surface area contributed by atoms with Crippen LogP contribution in [0.5, 0.6) is 0 Å². The van der Waals surface area contributed by atoms with E-state index in [1.807, 2.05) is 0 Å². The van der Waals surface area contributed by atoms with E-state index in [1.165, 1.54) is 141 Å². The first-order valence-corrected chi connectivity index (χ1v) is 13.1. The summed E-state index contributed by atoms with van der Waals surface area (Å²) in [4.78, 5) is 0. The standard InChI is InChI=1S/C27H55/c1-4-6-8-10-12-13-14-15-16-17-18-20-22-24-26-27(3)25-23-21-19-11-9-7-5-2/h26-27H,4-25H2,1-3H3. The van der Waals surface area contributed by atoms with Gasteiger partial charge in [0.05, 0.1) is 0 Å². The molecule has 0 aromatic carbocycles. The van der Waals surface area contributed by atoms with E-state index in [2.05, 4.69) is 27.2 Å². The van der Waals surface area contributed by atoms with Crippen LogP contribution in [-0.4, -0.2) is 0 Å². The zero-order valence-corrected chi connectivity index (χ0v) is 19.7. The molecule has 0 spiro atoms. The van der Waals surface area contributed by atoms with Crippen LogP contribution in [0.4, 0.5) is 0 Å². The molecule has 0 fully saturated rings. The molecule has 0 heteroatoms. The Morgan fingerprint density at radius 1 is 0.444 bits per heavy atom. The highest BCUT2D eigenvalue weighted by molar-refractivity contribution is 4.72. The van der Waals surface area contributed by atoms with Crippen LogP contribution < -0.4 is 0 Å². The lowest BCUT2D eigenvalue weighted by Gasteiger charge is -2.10. The van der Waals surface area contributed by atoms with Gasteiger partial charge in [0.1, 0.15) is 0 Å². The van der Waals surface area contributed by atoms with E-state index in [1.54, 1.807) is 0 Å². The van der Waals surface area contributed by atoms with E-state index < -0.39 is 0 Å². The third kappa shape index (κ3) is 24.0. The highest BCUT2D eigenvalue weighted by Crippen LogP contribution is 2.18. The molecule has 0 aromatic rings. The second kappa shape index (κ2) is 24.0. The fourth-order valence-corrected chi connectivity index (χ4v) is 4.11. The van der Waals surface area contributed by atoms with E-state index in [0.717, 1.165) is 5.92 Å². The van der Waals surface area contributed by atoms with E-state index in [4.69, 9.17) is 0 Å². The molecule has 0 rings (SSSR count). The third-order valence-electron chi connectivity index (χ3n) is 6.14. The number of hydrogen-bond donors (Lipinski definition) is 0. The van der Waals surface area contributed by atoms with Crippen LogP contribution >= 0.6 is 0 Å². The molecule has 1 unspecified atom stereocenters. The highest BCUT2D eigenvalue weighted by atomic mass is 14.1. The van der Waals surface area contributed by atoms with Crippen molar-refractivity contribution in [2.24, 2.45) is 5.92 Å². The quantitative estimate of drug-likeness (QED) is 0.155. The third-order valence-corrected chi connectivity index (χ3v) is 6.14. The number of unbranched alkanes of at least 4 members (excludes halogenated alkanes) is 19. The van der Waals surface area contributed by atoms with E-state index in [0.29, 0.717) is 0 Å². The molecular formula is C27H55. The van der Waals surface area contributed by atoms with E-state index in [-0.39, 0.29) is 0 Å². The minimum absolute atomic E-state index is 0.845. The Morgan fingerprint density at radius 2 is 0.778 bits per heavy atom. The minimum Gasteiger partial charge on any atom is -0.0654 e. The van der Waals surface area contributed by atoms with Gasteiger partial charge in [0, 0.05) is 0 Å². The van der Waals surface area contributed by atoms with Gasteiger partial charge in [-0.15, -0.1) is 0 Å². The molecule has 0 heterocycles. The van der Waals surface area contributed by atoms with Gasteiger partial charge in [-0.05, 0) is 18.8 Å². The SMILES string of the molecule is CCCCCCCCCCCCCCC[CH]C(C)CCCCCCCCC. The van der Waals surface area contributed by atoms with Crippen LogP contribution in [-0.2, 0) is 0 Å². The second-order valence-corrected chi connectivity index (χ2v) is 9.15. The van der Waals surface area contributed by atoms with Gasteiger partial charge in [-0.3, -0.25) is 0 Å². The second-order valence-electron chi connectivity index (χ2n) is 9.15. The Hall–Kier alpha value is 0. The van der Waals surface area contributed by atoms with Gasteiger partial charge in [0.2, 0.25) is 0 Å². The minimum atomic E-state index is 0.845. The van der Waals surface area contributed by atoms with Crippen LogP contribution in [0.1, 0.15) is 162 Å². The molecule has 1 atom stereocenters. The summed E-state index contributed by atoms with van der Waals surface area (Å²) < 4.78 is 0. The lowest BCUT2D eigenvalue weighted by Crippen LogP contribution is -1.96. The first-order valence-electron chi connectivity index (χ1n) is 13.1. The molecule has 0 aliphatic heterocycles. The van der Waals surface area contributed by atoms with E-state index in [9.17, 15) is 0 Å². The molecule has 0 aliphatic rings. The van der Waals surface area contributed by atoms with Gasteiger partial charge in [0.15, 0.2) is 0 Å². The number of rotatable bonds is 23. The van der Waals surface area contributed by atoms with Gasteiger partial charge in [-0.25, -0.2) is 0 Å². The van der Waals surface area contributed by atoms with Gasteiger partial charge < -0.3 is 0 Å². The predicted octanol–water partition coefficient (Wildman–Crippen LogP) is 10.4. The zero-order chi connectivity index (χ0) is 19.8. The molecule has 0 amide bonds. The first kappa shape index (κ1) is 27.0. The molecule has 163 valence electrons. The first-order chi connectivity index (χ1) is 13.3. The van der Waals surface area contributed by atoms with Crippen LogP contribution in [0, 0.1) is 12.3 Å². The summed E-state index contributed by atoms with van der Waals surface area (Å²) in [6.07, 6.45) is 34.5. The lowest BCUT2D eigenvalue weighted by molar-refractivity contribution is 0.500. The monoisotopic (exact) mass is 379 g/mol. The number of hydrogen-bond acceptors (Lipinski definition) is 0. The molecule has 0 saturated heterocycles. The summed E-state index contributed by atoms with van der Waals surface area (Å²) in [7, 11) is 0. The zero-order valence-electron chi connectivity index (χ0n) is 19.7. The van der Waals surface area contributed by atoms with Crippen LogP contribution in [0.25, 0.3) is 0 Å². The van der Waals surface area contributed by atoms with Crippen molar-refractivity contribution >= 4 is 0 Å². The summed E-state index contributed by atoms with van der Waals surface area (Å²) in [5, 5.41) is 0. The van der Waals surface area contributed by atoms with Crippen LogP contribution in [0.2, 0.25) is 0 Å². The maximum Gasteiger partial charge on any atom is -0.0358 e. The van der Waals surface area contributed by atoms with Crippen molar-refractivity contribution in [3.05, 3.63) is 6.42 Å². The van der Waals surface area contributed by atoms with Crippen molar-refractivity contribution in [3.8, 4) is 0 Å². The maximum absolute atomic E-state index is 2.61. The Kier molecular flexibility index (Phi) is 24.0. The molecule has 27 heavy (non-hydrogen) atoms. The predicted molar refractivity (Wildman–Crippen MR) is 126 cm³/mol. The van der Waals surface area contributed by atoms with Crippen molar-refractivity contribution in [3.63, 3.8) is 0 Å². The lowest BCUT2D eigenvalue weighted by atomic mass is 9.95. The highest BCUT2D eigenvalue weighted by Gasteiger charge is 2.02. The van der Waals surface area contributed by atoms with E-state index >= 15 is 0 Å². The molecule has 0 N–H and O–H groups in total. The molecule has 0 nitrogen and oxygen atoms in total. The summed E-state index contributed by atoms with van der Waals surface area (Å²) in [5.41, 5.74) is 0. The van der Waals surface area contributed by atoms with Gasteiger partial charge >= 0.3 is 0 Å². The molecule has 1 radical (unpaired) electrons. The van der Waals surface area contributed by atoms with Crippen molar-refractivity contribution in [1.82, 2.24) is 0 Å². The maximum atomic E-state index is 2.61. The average Bonchev–Trinajstić information content (AvgIpc) is 2.67. The van der Waals surface area contributed by atoms with Crippen molar-refractivity contribution in [1.29, 1.82) is 0 Å². The van der Waals surface area contributed by atoms with Crippen molar-refractivity contribution < 1.29 is 0 Å². The smallest absolute Gasteiger partial charge is 0.0358 e. The van der Waals surface area contributed by atoms with Crippen molar-refractivity contribution in [2.75, 3.05) is 0 Å². The Morgan fingerprint density at radius 3 is 1.19 bits per heavy atom. The summed E-state index contributed by atoms with van der Waals surface area (Å²) >= 11 is 0. The summed E-state index contributed by atoms with van der Waals surface area (Å²) in [6.45, 7) is 7.03. The summed E-state index contributed by atoms with van der Waals surface area (Å²) in [6, 6.07) is 0. The molecule has 0 bridgehead atoms. The van der Waals surface area contributed by atoms with Gasteiger partial charge in [-0.1, -0.05) is 156 Å². The normalized spacial score (nSPS) is 12.6. The Labute approximate surface area is 174 Å². The molecule has 0 aliphatic carbocycles.